The van der Waals surface area contributed by atoms with Crippen LogP contribution in [0.1, 0.15) is 90.1 Å². The number of benzene rings is 2. The van der Waals surface area contributed by atoms with Crippen LogP contribution in [0.3, 0.4) is 0 Å². The summed E-state index contributed by atoms with van der Waals surface area (Å²) in [6.45, 7) is 14.4. The van der Waals surface area contributed by atoms with E-state index >= 15 is 0 Å². The van der Waals surface area contributed by atoms with Crippen LogP contribution in [-0.2, 0) is 17.4 Å². The Hall–Kier alpha value is -3.15. The van der Waals surface area contributed by atoms with E-state index in [-0.39, 0.29) is 40.7 Å². The maximum atomic E-state index is 13.4. The molecule has 1 aliphatic heterocycles. The first kappa shape index (κ1) is 24.5. The highest BCUT2D eigenvalue weighted by atomic mass is 16.3. The molecule has 3 rings (SSSR count). The van der Waals surface area contributed by atoms with Crippen molar-refractivity contribution in [2.45, 2.75) is 65.8 Å². The molecule has 1 amide bonds. The molecule has 2 aromatic carbocycles. The zero-order valence-corrected chi connectivity index (χ0v) is 20.9. The number of rotatable bonds is 4. The molecule has 2 aromatic rings. The van der Waals surface area contributed by atoms with E-state index in [1.54, 1.807) is 24.1 Å². The summed E-state index contributed by atoms with van der Waals surface area (Å²) in [6.07, 6.45) is 0. The average molecular weight is 450 g/mol. The predicted octanol–water partition coefficient (Wildman–Crippen LogP) is 4.68. The van der Waals surface area contributed by atoms with Gasteiger partial charge in [-0.25, -0.2) is 0 Å². The number of aromatic hydroxyl groups is 1. The largest absolute Gasteiger partial charge is 0.507 e. The maximum absolute atomic E-state index is 13.4. The van der Waals surface area contributed by atoms with Crippen molar-refractivity contribution in [1.29, 1.82) is 5.41 Å². The van der Waals surface area contributed by atoms with E-state index in [1.807, 2.05) is 60.6 Å². The Balaban J connectivity index is 1.94. The molecule has 3 N–H and O–H groups in total. The summed E-state index contributed by atoms with van der Waals surface area (Å²) in [4.78, 5) is 27.3. The summed E-state index contributed by atoms with van der Waals surface area (Å²) < 4.78 is 0. The molecule has 0 spiro atoms. The molecule has 6 heteroatoms. The van der Waals surface area contributed by atoms with Crippen molar-refractivity contribution in [3.05, 3.63) is 63.2 Å². The number of Topliss-reactive ketones (excluding diaryl/α,β-unsaturated/α-hetero) is 1. The summed E-state index contributed by atoms with van der Waals surface area (Å²) in [6, 6.07) is 7.24. The average Bonchev–Trinajstić information content (AvgIpc) is 2.99. The number of phenolic OH excluding ortho intramolecular Hbond substituents is 1. The molecule has 0 aliphatic carbocycles. The monoisotopic (exact) mass is 449 g/mol. The van der Waals surface area contributed by atoms with Crippen LogP contribution in [0, 0.1) is 12.3 Å². The zero-order valence-electron chi connectivity index (χ0n) is 20.9. The lowest BCUT2D eigenvalue weighted by Gasteiger charge is -2.28. The maximum Gasteiger partial charge on any atom is 0.251 e. The second-order valence-electron chi connectivity index (χ2n) is 11.0. The van der Waals surface area contributed by atoms with Gasteiger partial charge in [-0.2, -0.15) is 0 Å². The van der Waals surface area contributed by atoms with Gasteiger partial charge in [-0.1, -0.05) is 41.5 Å². The van der Waals surface area contributed by atoms with Gasteiger partial charge in [-0.3, -0.25) is 15.0 Å². The van der Waals surface area contributed by atoms with Crippen molar-refractivity contribution >= 4 is 17.5 Å². The first-order chi connectivity index (χ1) is 15.1. The summed E-state index contributed by atoms with van der Waals surface area (Å²) in [5.74, 6) is 0.262. The number of aryl methyl sites for hydroxylation is 1. The normalized spacial score (nSPS) is 13.8. The van der Waals surface area contributed by atoms with Gasteiger partial charge in [0, 0.05) is 41.4 Å². The summed E-state index contributed by atoms with van der Waals surface area (Å²) in [7, 11) is 1.59. The fourth-order valence-corrected chi connectivity index (χ4v) is 4.28. The number of ketones is 1. The van der Waals surface area contributed by atoms with Crippen LogP contribution in [0.25, 0.3) is 0 Å². The number of amidine groups is 1. The van der Waals surface area contributed by atoms with E-state index in [0.29, 0.717) is 17.7 Å². The van der Waals surface area contributed by atoms with Crippen LogP contribution in [0.2, 0.25) is 0 Å². The molecule has 0 fully saturated rings. The molecule has 0 bridgehead atoms. The lowest BCUT2D eigenvalue weighted by Crippen LogP contribution is -2.30. The molecule has 0 saturated carbocycles. The summed E-state index contributed by atoms with van der Waals surface area (Å²) >= 11 is 0. The van der Waals surface area contributed by atoms with Crippen LogP contribution >= 0.6 is 0 Å². The van der Waals surface area contributed by atoms with E-state index in [1.165, 1.54) is 0 Å². The molecule has 0 radical (unpaired) electrons. The van der Waals surface area contributed by atoms with Crippen LogP contribution in [0.15, 0.2) is 24.3 Å². The summed E-state index contributed by atoms with van der Waals surface area (Å²) in [5.41, 5.74) is 4.36. The number of carbonyl (C=O) groups is 2. The minimum Gasteiger partial charge on any atom is -0.507 e. The number of fused-ring (bicyclic) bond motifs is 1. The van der Waals surface area contributed by atoms with Crippen molar-refractivity contribution < 1.29 is 14.7 Å². The van der Waals surface area contributed by atoms with Gasteiger partial charge in [-0.05, 0) is 53.1 Å². The fourth-order valence-electron chi connectivity index (χ4n) is 4.28. The molecule has 33 heavy (non-hydrogen) atoms. The van der Waals surface area contributed by atoms with Gasteiger partial charge in [0.1, 0.15) is 11.6 Å². The highest BCUT2D eigenvalue weighted by molar-refractivity contribution is 6.06. The van der Waals surface area contributed by atoms with E-state index in [9.17, 15) is 14.7 Å². The third-order valence-electron chi connectivity index (χ3n) is 6.24. The van der Waals surface area contributed by atoms with Gasteiger partial charge in [0.15, 0.2) is 5.78 Å². The Morgan fingerprint density at radius 1 is 1.03 bits per heavy atom. The molecule has 0 aromatic heterocycles. The molecule has 0 saturated heterocycles. The Bertz CT molecular complexity index is 1120. The van der Waals surface area contributed by atoms with Crippen LogP contribution in [0.4, 0.5) is 0 Å². The van der Waals surface area contributed by atoms with E-state index in [2.05, 4.69) is 5.32 Å². The second kappa shape index (κ2) is 8.32. The minimum atomic E-state index is -0.329. The quantitative estimate of drug-likeness (QED) is 0.591. The van der Waals surface area contributed by atoms with Gasteiger partial charge in [0.05, 0.1) is 6.54 Å². The van der Waals surface area contributed by atoms with Crippen molar-refractivity contribution in [2.75, 3.05) is 13.6 Å². The molecular formula is C27H35N3O3. The SMILES string of the molecule is CNC(=O)c1cc2c(cc1C)C(=N)N(CC(=O)c1cc(C(C)(C)C)c(O)c(C(C)(C)C)c1)C2. The smallest absolute Gasteiger partial charge is 0.251 e. The lowest BCUT2D eigenvalue weighted by molar-refractivity contribution is 0.0953. The molecular weight excluding hydrogens is 414 g/mol. The number of phenols is 1. The van der Waals surface area contributed by atoms with Crippen LogP contribution < -0.4 is 5.32 Å². The number of amides is 1. The van der Waals surface area contributed by atoms with E-state index in [0.717, 1.165) is 27.8 Å². The molecule has 176 valence electrons. The highest BCUT2D eigenvalue weighted by Gasteiger charge is 2.31. The predicted molar refractivity (Wildman–Crippen MR) is 132 cm³/mol. The first-order valence-electron chi connectivity index (χ1n) is 11.3. The standard InChI is InChI=1S/C27H35N3O3/c1-15-9-19-17(10-18(15)25(33)29-8)13-30(24(19)28)14-22(31)16-11-20(26(2,3)4)23(32)21(12-16)27(5,6)7/h9-12,28,32H,13-14H2,1-8H3,(H,29,33). The van der Waals surface area contributed by atoms with Gasteiger partial charge >= 0.3 is 0 Å². The third-order valence-corrected chi connectivity index (χ3v) is 6.24. The van der Waals surface area contributed by atoms with Crippen LogP contribution in [0.5, 0.6) is 5.75 Å². The van der Waals surface area contributed by atoms with Crippen molar-refractivity contribution in [3.8, 4) is 5.75 Å². The molecule has 6 nitrogen and oxygen atoms in total. The molecule has 0 unspecified atom stereocenters. The van der Waals surface area contributed by atoms with E-state index in [4.69, 9.17) is 5.41 Å². The van der Waals surface area contributed by atoms with E-state index < -0.39 is 0 Å². The Kier molecular flexibility index (Phi) is 6.18. The number of carbonyl (C=O) groups excluding carboxylic acids is 2. The highest BCUT2D eigenvalue weighted by Crippen LogP contribution is 2.40. The van der Waals surface area contributed by atoms with Crippen molar-refractivity contribution in [1.82, 2.24) is 10.2 Å². The van der Waals surface area contributed by atoms with Gasteiger partial charge < -0.3 is 15.3 Å². The molecule has 1 aliphatic rings. The van der Waals surface area contributed by atoms with Gasteiger partial charge in [0.25, 0.3) is 5.91 Å². The number of nitrogens with zero attached hydrogens (tertiary/aromatic N) is 1. The zero-order chi connectivity index (χ0) is 24.9. The Morgan fingerprint density at radius 3 is 2.06 bits per heavy atom. The Labute approximate surface area is 196 Å². The summed E-state index contributed by atoms with van der Waals surface area (Å²) in [5, 5.41) is 22.2. The van der Waals surface area contributed by atoms with Crippen molar-refractivity contribution in [3.63, 3.8) is 0 Å². The first-order valence-corrected chi connectivity index (χ1v) is 11.3. The van der Waals surface area contributed by atoms with Gasteiger partial charge in [-0.15, -0.1) is 0 Å². The topological polar surface area (TPSA) is 93.5 Å². The fraction of sp³-hybridized carbons (Fsp3) is 0.444. The minimum absolute atomic E-state index is 0.0554. The van der Waals surface area contributed by atoms with Gasteiger partial charge in [0.2, 0.25) is 0 Å². The molecule has 0 atom stereocenters. The Morgan fingerprint density at radius 2 is 1.58 bits per heavy atom. The molecule has 1 heterocycles. The second-order valence-corrected chi connectivity index (χ2v) is 11.0. The van der Waals surface area contributed by atoms with Crippen molar-refractivity contribution in [2.24, 2.45) is 0 Å². The number of nitrogens with one attached hydrogen (secondary N) is 2. The lowest BCUT2D eigenvalue weighted by atomic mass is 9.78. The number of hydrogen-bond donors (Lipinski definition) is 3. The third kappa shape index (κ3) is 4.65. The number of hydrogen-bond acceptors (Lipinski definition) is 4. The van der Waals surface area contributed by atoms with Crippen LogP contribution in [-0.4, -0.2) is 41.1 Å².